The molecule has 3 aromatic rings. The fraction of sp³-hybridized carbons (Fsp3) is 0.167. The summed E-state index contributed by atoms with van der Waals surface area (Å²) in [7, 11) is 0. The Morgan fingerprint density at radius 1 is 1.21 bits per heavy atom. The first-order chi connectivity index (χ1) is 11.5. The van der Waals surface area contributed by atoms with Gasteiger partial charge in [-0.2, -0.15) is 9.78 Å². The van der Waals surface area contributed by atoms with Crippen molar-refractivity contribution in [3.63, 3.8) is 0 Å². The molecule has 0 aliphatic heterocycles. The van der Waals surface area contributed by atoms with E-state index in [1.165, 1.54) is 4.68 Å². The van der Waals surface area contributed by atoms with E-state index in [1.807, 2.05) is 50.2 Å². The van der Waals surface area contributed by atoms with Crippen LogP contribution in [0.25, 0.3) is 10.9 Å². The number of hydrogen-bond donors (Lipinski definition) is 0. The molecule has 24 heavy (non-hydrogen) atoms. The van der Waals surface area contributed by atoms with Crippen molar-refractivity contribution in [3.8, 4) is 0 Å². The predicted molar refractivity (Wildman–Crippen MR) is 110 cm³/mol. The first kappa shape index (κ1) is 17.3. The van der Waals surface area contributed by atoms with Crippen LogP contribution >= 0.6 is 38.5 Å². The SMILES string of the molecule is CC(C)c1nc2ccc(Br)cc2c(=O)n1N=Cc1ccc(I)cc1. The molecule has 0 spiro atoms. The van der Waals surface area contributed by atoms with Crippen molar-refractivity contribution in [2.24, 2.45) is 5.10 Å². The van der Waals surface area contributed by atoms with Crippen LogP contribution in [-0.4, -0.2) is 15.9 Å². The largest absolute Gasteiger partial charge is 0.282 e. The van der Waals surface area contributed by atoms with Crippen molar-refractivity contribution in [2.45, 2.75) is 19.8 Å². The van der Waals surface area contributed by atoms with Gasteiger partial charge in [0, 0.05) is 14.0 Å². The Balaban J connectivity index is 2.17. The second-order valence-electron chi connectivity index (χ2n) is 5.70. The number of halogens is 2. The van der Waals surface area contributed by atoms with Gasteiger partial charge in [-0.05, 0) is 58.5 Å². The minimum absolute atomic E-state index is 0.0830. The molecule has 0 aliphatic carbocycles. The minimum Gasteiger partial charge on any atom is -0.267 e. The third-order valence-electron chi connectivity index (χ3n) is 3.54. The highest BCUT2D eigenvalue weighted by Crippen LogP contribution is 2.18. The fourth-order valence-corrected chi connectivity index (χ4v) is 3.05. The van der Waals surface area contributed by atoms with Crippen LogP contribution in [0.5, 0.6) is 0 Å². The number of benzene rings is 2. The van der Waals surface area contributed by atoms with Crippen LogP contribution in [0.2, 0.25) is 0 Å². The molecule has 1 aromatic heterocycles. The van der Waals surface area contributed by atoms with Crippen LogP contribution in [0.15, 0.2) is 56.8 Å². The molecule has 0 unspecified atom stereocenters. The van der Waals surface area contributed by atoms with E-state index in [0.717, 1.165) is 13.6 Å². The molecular weight excluding hydrogens is 481 g/mol. The van der Waals surface area contributed by atoms with Crippen molar-refractivity contribution in [1.29, 1.82) is 0 Å². The summed E-state index contributed by atoms with van der Waals surface area (Å²) in [4.78, 5) is 17.5. The molecule has 0 atom stereocenters. The van der Waals surface area contributed by atoms with Gasteiger partial charge in [0.15, 0.2) is 0 Å². The Kier molecular flexibility index (Phi) is 5.15. The summed E-state index contributed by atoms with van der Waals surface area (Å²) < 4.78 is 3.40. The van der Waals surface area contributed by atoms with Crippen molar-refractivity contribution < 1.29 is 0 Å². The molecular formula is C18H15BrIN3O. The normalized spacial score (nSPS) is 11.7. The monoisotopic (exact) mass is 495 g/mol. The zero-order chi connectivity index (χ0) is 17.3. The van der Waals surface area contributed by atoms with E-state index < -0.39 is 0 Å². The summed E-state index contributed by atoms with van der Waals surface area (Å²) in [6.07, 6.45) is 1.69. The Bertz CT molecular complexity index is 978. The third-order valence-corrected chi connectivity index (χ3v) is 4.75. The summed E-state index contributed by atoms with van der Waals surface area (Å²) in [6, 6.07) is 13.5. The van der Waals surface area contributed by atoms with Gasteiger partial charge in [-0.15, -0.1) is 0 Å². The average molecular weight is 496 g/mol. The second kappa shape index (κ2) is 7.14. The fourth-order valence-electron chi connectivity index (χ4n) is 2.32. The lowest BCUT2D eigenvalue weighted by Gasteiger charge is -2.11. The van der Waals surface area contributed by atoms with E-state index in [1.54, 1.807) is 12.3 Å². The van der Waals surface area contributed by atoms with Gasteiger partial charge in [-0.3, -0.25) is 4.79 Å². The molecule has 122 valence electrons. The van der Waals surface area contributed by atoms with Crippen molar-refractivity contribution in [1.82, 2.24) is 9.66 Å². The number of fused-ring (bicyclic) bond motifs is 1. The van der Waals surface area contributed by atoms with Crippen molar-refractivity contribution in [2.75, 3.05) is 0 Å². The molecule has 0 bridgehead atoms. The summed E-state index contributed by atoms with van der Waals surface area (Å²) in [5.74, 6) is 0.733. The third kappa shape index (κ3) is 3.59. The number of nitrogens with zero attached hydrogens (tertiary/aromatic N) is 3. The smallest absolute Gasteiger partial charge is 0.267 e. The van der Waals surface area contributed by atoms with E-state index in [-0.39, 0.29) is 11.5 Å². The van der Waals surface area contributed by atoms with E-state index in [4.69, 9.17) is 0 Å². The van der Waals surface area contributed by atoms with Gasteiger partial charge in [0.1, 0.15) is 5.82 Å². The zero-order valence-corrected chi connectivity index (χ0v) is 16.9. The first-order valence-electron chi connectivity index (χ1n) is 7.48. The molecule has 3 rings (SSSR count). The Morgan fingerprint density at radius 2 is 1.92 bits per heavy atom. The molecule has 6 heteroatoms. The van der Waals surface area contributed by atoms with Crippen LogP contribution in [0.4, 0.5) is 0 Å². The van der Waals surface area contributed by atoms with Gasteiger partial charge in [-0.25, -0.2) is 4.98 Å². The molecule has 0 amide bonds. The van der Waals surface area contributed by atoms with E-state index in [9.17, 15) is 4.79 Å². The van der Waals surface area contributed by atoms with Crippen LogP contribution < -0.4 is 5.56 Å². The molecule has 4 nitrogen and oxygen atoms in total. The standard InChI is InChI=1S/C18H15BrIN3O/c1-11(2)17-22-16-8-5-13(19)9-15(16)18(24)23(17)21-10-12-3-6-14(20)7-4-12/h3-11H,1-2H3. The number of hydrogen-bond acceptors (Lipinski definition) is 3. The van der Waals surface area contributed by atoms with Gasteiger partial charge in [0.05, 0.1) is 17.1 Å². The molecule has 0 N–H and O–H groups in total. The first-order valence-corrected chi connectivity index (χ1v) is 9.35. The van der Waals surface area contributed by atoms with Crippen molar-refractivity contribution in [3.05, 3.63) is 72.2 Å². The van der Waals surface area contributed by atoms with E-state index in [2.05, 4.69) is 48.6 Å². The Hall–Kier alpha value is -1.54. The average Bonchev–Trinajstić information content (AvgIpc) is 2.55. The number of rotatable bonds is 3. The summed E-state index contributed by atoms with van der Waals surface area (Å²) in [5, 5.41) is 4.96. The van der Waals surface area contributed by atoms with Gasteiger partial charge < -0.3 is 0 Å². The summed E-state index contributed by atoms with van der Waals surface area (Å²) >= 11 is 5.66. The van der Waals surface area contributed by atoms with Gasteiger partial charge in [-0.1, -0.05) is 41.9 Å². The van der Waals surface area contributed by atoms with Gasteiger partial charge in [0.25, 0.3) is 5.56 Å². The lowest BCUT2D eigenvalue weighted by atomic mass is 10.2. The highest BCUT2D eigenvalue weighted by Gasteiger charge is 2.13. The maximum atomic E-state index is 12.9. The molecule has 0 aliphatic rings. The van der Waals surface area contributed by atoms with Crippen LogP contribution in [0.1, 0.15) is 31.2 Å². The van der Waals surface area contributed by atoms with Gasteiger partial charge in [0.2, 0.25) is 0 Å². The molecule has 0 saturated heterocycles. The topological polar surface area (TPSA) is 47.2 Å². The van der Waals surface area contributed by atoms with Crippen LogP contribution in [0.3, 0.4) is 0 Å². The predicted octanol–water partition coefficient (Wildman–Crippen LogP) is 4.77. The molecule has 0 radical (unpaired) electrons. The highest BCUT2D eigenvalue weighted by atomic mass is 127. The maximum absolute atomic E-state index is 12.9. The molecule has 0 saturated carbocycles. The van der Waals surface area contributed by atoms with E-state index >= 15 is 0 Å². The molecule has 1 heterocycles. The summed E-state index contributed by atoms with van der Waals surface area (Å²) in [5.41, 5.74) is 1.46. The Labute approximate surface area is 161 Å². The van der Waals surface area contributed by atoms with Crippen LogP contribution in [-0.2, 0) is 0 Å². The lowest BCUT2D eigenvalue weighted by Crippen LogP contribution is -2.23. The second-order valence-corrected chi connectivity index (χ2v) is 7.86. The lowest BCUT2D eigenvalue weighted by molar-refractivity contribution is 0.665. The molecule has 0 fully saturated rings. The molecule has 2 aromatic carbocycles. The quantitative estimate of drug-likeness (QED) is 0.388. The van der Waals surface area contributed by atoms with E-state index in [0.29, 0.717) is 16.7 Å². The maximum Gasteiger partial charge on any atom is 0.282 e. The van der Waals surface area contributed by atoms with Crippen molar-refractivity contribution >= 4 is 55.6 Å². The highest BCUT2D eigenvalue weighted by molar-refractivity contribution is 14.1. The zero-order valence-electron chi connectivity index (χ0n) is 13.2. The minimum atomic E-state index is -0.160. The van der Waals surface area contributed by atoms with Crippen LogP contribution in [0, 0.1) is 3.57 Å². The number of aromatic nitrogens is 2. The van der Waals surface area contributed by atoms with Gasteiger partial charge >= 0.3 is 0 Å². The summed E-state index contributed by atoms with van der Waals surface area (Å²) in [6.45, 7) is 4.01. The Morgan fingerprint density at radius 3 is 2.58 bits per heavy atom.